The van der Waals surface area contributed by atoms with E-state index in [9.17, 15) is 13.2 Å². The van der Waals surface area contributed by atoms with Gasteiger partial charge in [0.15, 0.2) is 5.70 Å². The molecule has 0 aromatic heterocycles. The van der Waals surface area contributed by atoms with Crippen molar-refractivity contribution in [3.63, 3.8) is 0 Å². The van der Waals surface area contributed by atoms with Crippen molar-refractivity contribution in [1.82, 2.24) is 5.09 Å². The standard InChI is InChI=1S/C4H3F3NP2/c1-2-3(4(5,6)7)8-10-9-2/h1H3. The second-order valence-corrected chi connectivity index (χ2v) is 4.11. The van der Waals surface area contributed by atoms with E-state index >= 15 is 0 Å². The van der Waals surface area contributed by atoms with E-state index in [4.69, 9.17) is 0 Å². The largest absolute Gasteiger partial charge is 0.434 e. The van der Waals surface area contributed by atoms with Crippen LogP contribution in [-0.4, -0.2) is 6.18 Å². The van der Waals surface area contributed by atoms with Gasteiger partial charge in [-0.15, -0.1) is 0 Å². The molecule has 0 bridgehead atoms. The highest BCUT2D eigenvalue weighted by atomic mass is 31.7. The summed E-state index contributed by atoms with van der Waals surface area (Å²) < 4.78 is 35.6. The molecule has 1 aliphatic rings. The molecule has 0 N–H and O–H groups in total. The smallest absolute Gasteiger partial charge is 0.217 e. The number of rotatable bonds is 0. The highest BCUT2D eigenvalue weighted by Gasteiger charge is 2.37. The zero-order valence-electron chi connectivity index (χ0n) is 4.98. The summed E-state index contributed by atoms with van der Waals surface area (Å²) in [6, 6.07) is 0. The van der Waals surface area contributed by atoms with Gasteiger partial charge in [-0.25, -0.2) is 5.09 Å². The molecule has 0 fully saturated rings. The van der Waals surface area contributed by atoms with E-state index in [2.05, 4.69) is 5.09 Å². The Morgan fingerprint density at radius 2 is 2.00 bits per heavy atom. The van der Waals surface area contributed by atoms with Crippen LogP contribution in [0.1, 0.15) is 6.92 Å². The first-order chi connectivity index (χ1) is 4.52. The van der Waals surface area contributed by atoms with Crippen LogP contribution in [0.3, 0.4) is 0 Å². The summed E-state index contributed by atoms with van der Waals surface area (Å²) in [4.78, 5) is 0. The van der Waals surface area contributed by atoms with E-state index in [0.717, 1.165) is 0 Å². The molecule has 0 amide bonds. The maximum atomic E-state index is 11.9. The number of halogens is 3. The predicted molar refractivity (Wildman–Crippen MR) is 34.7 cm³/mol. The third-order valence-electron chi connectivity index (χ3n) is 0.951. The van der Waals surface area contributed by atoms with Crippen molar-refractivity contribution < 1.29 is 13.2 Å². The van der Waals surface area contributed by atoms with Crippen LogP contribution in [0.15, 0.2) is 11.0 Å². The van der Waals surface area contributed by atoms with Gasteiger partial charge in [-0.1, -0.05) is 0 Å². The molecule has 1 rings (SSSR count). The zero-order chi connectivity index (χ0) is 7.78. The molecule has 1 nitrogen and oxygen atoms in total. The van der Waals surface area contributed by atoms with E-state index in [-0.39, 0.29) is 0 Å². The van der Waals surface area contributed by atoms with Crippen molar-refractivity contribution in [1.29, 1.82) is 0 Å². The van der Waals surface area contributed by atoms with Crippen molar-refractivity contribution >= 4 is 15.9 Å². The minimum absolute atomic E-state index is 0.314. The van der Waals surface area contributed by atoms with Crippen LogP contribution in [0.25, 0.3) is 0 Å². The molecule has 0 aromatic carbocycles. The van der Waals surface area contributed by atoms with E-state index < -0.39 is 11.9 Å². The Bertz CT molecular complexity index is 205. The van der Waals surface area contributed by atoms with Gasteiger partial charge in [-0.05, 0) is 14.8 Å². The van der Waals surface area contributed by atoms with Gasteiger partial charge in [-0.3, -0.25) is 0 Å². The summed E-state index contributed by atoms with van der Waals surface area (Å²) in [6.45, 7) is 1.45. The molecule has 1 radical (unpaired) electrons. The van der Waals surface area contributed by atoms with Crippen molar-refractivity contribution in [2.75, 3.05) is 0 Å². The average Bonchev–Trinajstić information content (AvgIpc) is 2.11. The Balaban J connectivity index is 2.86. The van der Waals surface area contributed by atoms with Gasteiger partial charge >= 0.3 is 6.18 Å². The number of nitrogens with zero attached hydrogens (tertiary/aromatic N) is 1. The highest BCUT2D eigenvalue weighted by Crippen LogP contribution is 2.41. The fraction of sp³-hybridized carbons (Fsp3) is 0.500. The molecule has 0 spiro atoms. The van der Waals surface area contributed by atoms with Crippen molar-refractivity contribution in [3.05, 3.63) is 11.0 Å². The minimum atomic E-state index is -4.25. The Morgan fingerprint density at radius 1 is 1.40 bits per heavy atom. The summed E-state index contributed by atoms with van der Waals surface area (Å²) in [6.07, 6.45) is -4.25. The lowest BCUT2D eigenvalue weighted by molar-refractivity contribution is -0.0948. The topological polar surface area (TPSA) is 14.1 Å². The molecule has 6 heteroatoms. The Labute approximate surface area is 59.2 Å². The minimum Gasteiger partial charge on any atom is -0.217 e. The molecular weight excluding hydrogens is 181 g/mol. The first kappa shape index (κ1) is 8.03. The SMILES string of the molecule is CC1=C(C(F)(F)F)[N]P=P1. The molecule has 0 unspecified atom stereocenters. The summed E-state index contributed by atoms with van der Waals surface area (Å²) in [7, 11) is 1.13. The third-order valence-corrected chi connectivity index (χ3v) is 3.28. The fourth-order valence-electron chi connectivity index (χ4n) is 0.516. The first-order valence-electron chi connectivity index (χ1n) is 2.41. The van der Waals surface area contributed by atoms with Crippen molar-refractivity contribution in [2.24, 2.45) is 0 Å². The number of allylic oxidation sites excluding steroid dienone is 2. The van der Waals surface area contributed by atoms with Gasteiger partial charge in [0.25, 0.3) is 0 Å². The summed E-state index contributed by atoms with van der Waals surface area (Å²) in [5.41, 5.74) is -0.698. The Hall–Kier alpha value is -0.0700. The van der Waals surface area contributed by atoms with Crippen LogP contribution in [0.4, 0.5) is 13.2 Å². The molecule has 0 aliphatic carbocycles. The number of hydrogen-bond acceptors (Lipinski definition) is 0. The van der Waals surface area contributed by atoms with Gasteiger partial charge in [-0.2, -0.15) is 13.2 Å². The summed E-state index contributed by atoms with van der Waals surface area (Å²) in [5.74, 6) is 0. The lowest BCUT2D eigenvalue weighted by atomic mass is 10.4. The normalized spacial score (nSPS) is 21.2. The summed E-state index contributed by atoms with van der Waals surface area (Å²) in [5, 5.41) is 3.62. The van der Waals surface area contributed by atoms with E-state index in [1.165, 1.54) is 6.92 Å². The number of alkyl halides is 3. The van der Waals surface area contributed by atoms with Crippen molar-refractivity contribution in [2.45, 2.75) is 13.1 Å². The van der Waals surface area contributed by atoms with Gasteiger partial charge < -0.3 is 0 Å². The number of hydrogen-bond donors (Lipinski definition) is 0. The quantitative estimate of drug-likeness (QED) is 0.513. The van der Waals surface area contributed by atoms with Crippen LogP contribution in [-0.2, 0) is 0 Å². The molecule has 0 saturated carbocycles. The van der Waals surface area contributed by atoms with Crippen LogP contribution < -0.4 is 5.09 Å². The average molecular weight is 184 g/mol. The first-order valence-corrected chi connectivity index (χ1v) is 4.86. The molecule has 1 aliphatic heterocycles. The fourth-order valence-corrected chi connectivity index (χ4v) is 2.49. The molecular formula is C4H3F3NP2. The van der Waals surface area contributed by atoms with Crippen LogP contribution in [0.5, 0.6) is 0 Å². The van der Waals surface area contributed by atoms with E-state index in [1.807, 2.05) is 0 Å². The second-order valence-electron chi connectivity index (χ2n) is 1.72. The van der Waals surface area contributed by atoms with Gasteiger partial charge in [0.2, 0.25) is 0 Å². The molecule has 10 heavy (non-hydrogen) atoms. The maximum Gasteiger partial charge on any atom is 0.434 e. The van der Waals surface area contributed by atoms with E-state index in [0.29, 0.717) is 21.2 Å². The molecule has 0 saturated heterocycles. The zero-order valence-corrected chi connectivity index (χ0v) is 6.76. The lowest BCUT2D eigenvalue weighted by Crippen LogP contribution is -2.15. The van der Waals surface area contributed by atoms with Crippen LogP contribution >= 0.6 is 15.9 Å². The predicted octanol–water partition coefficient (Wildman–Crippen LogP) is 3.12. The van der Waals surface area contributed by atoms with Gasteiger partial charge in [0.1, 0.15) is 0 Å². The molecule has 1 heterocycles. The Morgan fingerprint density at radius 3 is 2.20 bits per heavy atom. The Kier molecular flexibility index (Phi) is 2.02. The van der Waals surface area contributed by atoms with Gasteiger partial charge in [0.05, 0.1) is 8.02 Å². The molecule has 0 atom stereocenters. The molecule has 55 valence electrons. The molecule has 0 aromatic rings. The summed E-state index contributed by atoms with van der Waals surface area (Å²) >= 11 is 0. The highest BCUT2D eigenvalue weighted by molar-refractivity contribution is 7.85. The van der Waals surface area contributed by atoms with E-state index in [1.54, 1.807) is 0 Å². The van der Waals surface area contributed by atoms with Crippen molar-refractivity contribution in [3.8, 4) is 0 Å². The van der Waals surface area contributed by atoms with Crippen LogP contribution in [0.2, 0.25) is 0 Å². The monoisotopic (exact) mass is 184 g/mol. The van der Waals surface area contributed by atoms with Gasteiger partial charge in [0, 0.05) is 5.31 Å². The third kappa shape index (κ3) is 1.50. The lowest BCUT2D eigenvalue weighted by Gasteiger charge is -2.05. The maximum absolute atomic E-state index is 11.9. The second kappa shape index (κ2) is 2.52. The van der Waals surface area contributed by atoms with Crippen LogP contribution in [0, 0.1) is 0 Å².